The summed E-state index contributed by atoms with van der Waals surface area (Å²) < 4.78 is 5.80. The Morgan fingerprint density at radius 2 is 2.00 bits per heavy atom. The van der Waals surface area contributed by atoms with Gasteiger partial charge in [0.05, 0.1) is 10.6 Å². The highest BCUT2D eigenvalue weighted by Crippen LogP contribution is 2.22. The van der Waals surface area contributed by atoms with Gasteiger partial charge in [0, 0.05) is 29.1 Å². The molecule has 8 nitrogen and oxygen atoms in total. The van der Waals surface area contributed by atoms with E-state index in [9.17, 15) is 14.9 Å². The van der Waals surface area contributed by atoms with Crippen molar-refractivity contribution in [3.05, 3.63) is 87.4 Å². The van der Waals surface area contributed by atoms with Crippen LogP contribution in [0.5, 0.6) is 0 Å². The van der Waals surface area contributed by atoms with Crippen LogP contribution in [0, 0.1) is 10.1 Å². The van der Waals surface area contributed by atoms with Gasteiger partial charge in [0.25, 0.3) is 11.6 Å². The van der Waals surface area contributed by atoms with Crippen LogP contribution in [-0.4, -0.2) is 15.8 Å². The van der Waals surface area contributed by atoms with Gasteiger partial charge in [0.2, 0.25) is 5.55 Å². The number of carbonyl (C=O) groups is 1. The quantitative estimate of drug-likeness (QED) is 0.412. The van der Waals surface area contributed by atoms with Gasteiger partial charge in [-0.3, -0.25) is 20.2 Å². The van der Waals surface area contributed by atoms with E-state index in [0.717, 1.165) is 0 Å². The summed E-state index contributed by atoms with van der Waals surface area (Å²) in [6, 6.07) is 14.7. The molecule has 0 aliphatic carbocycles. The van der Waals surface area contributed by atoms with Crippen molar-refractivity contribution in [1.82, 2.24) is 4.98 Å². The van der Waals surface area contributed by atoms with Crippen LogP contribution in [0.25, 0.3) is 11.0 Å². The van der Waals surface area contributed by atoms with Crippen molar-refractivity contribution in [2.45, 2.75) is 0 Å². The third-order valence-corrected chi connectivity index (χ3v) is 4.51. The Morgan fingerprint density at radius 3 is 2.71 bits per heavy atom. The van der Waals surface area contributed by atoms with E-state index in [1.807, 2.05) is 18.2 Å². The second-order valence-electron chi connectivity index (χ2n) is 5.68. The molecule has 138 valence electrons. The number of hydrogen-bond acceptors (Lipinski definition) is 7. The van der Waals surface area contributed by atoms with Gasteiger partial charge in [-0.15, -0.1) is 11.3 Å². The number of amides is 1. The molecule has 0 spiro atoms. The number of benzene rings is 2. The van der Waals surface area contributed by atoms with Crippen LogP contribution in [0.15, 0.2) is 75.6 Å². The summed E-state index contributed by atoms with van der Waals surface area (Å²) in [4.78, 5) is 31.8. The molecular weight excluding hydrogens is 380 g/mol. The first-order chi connectivity index (χ1) is 13.6. The lowest BCUT2D eigenvalue weighted by Gasteiger charge is -2.05. The zero-order valence-corrected chi connectivity index (χ0v) is 15.1. The number of anilines is 1. The largest absolute Gasteiger partial charge is 0.438 e. The lowest BCUT2D eigenvalue weighted by molar-refractivity contribution is -0.384. The molecule has 1 N–H and O–H groups in total. The minimum Gasteiger partial charge on any atom is -0.438 e. The van der Waals surface area contributed by atoms with Crippen LogP contribution in [0.2, 0.25) is 0 Å². The van der Waals surface area contributed by atoms with Crippen LogP contribution < -0.4 is 10.9 Å². The topological polar surface area (TPSA) is 111 Å². The zero-order valence-electron chi connectivity index (χ0n) is 14.2. The number of para-hydroxylation sites is 1. The van der Waals surface area contributed by atoms with Gasteiger partial charge in [-0.05, 0) is 24.3 Å². The molecule has 1 amide bonds. The first-order valence-electron chi connectivity index (χ1n) is 8.13. The van der Waals surface area contributed by atoms with E-state index < -0.39 is 10.8 Å². The molecule has 0 fully saturated rings. The minimum atomic E-state index is -0.503. The van der Waals surface area contributed by atoms with Gasteiger partial charge in [0.15, 0.2) is 5.13 Å². The molecule has 0 saturated heterocycles. The van der Waals surface area contributed by atoms with Gasteiger partial charge in [0.1, 0.15) is 11.1 Å². The van der Waals surface area contributed by atoms with Gasteiger partial charge in [-0.25, -0.2) is 9.98 Å². The van der Waals surface area contributed by atoms with Gasteiger partial charge in [-0.2, -0.15) is 0 Å². The highest BCUT2D eigenvalue weighted by Gasteiger charge is 2.16. The third-order valence-electron chi connectivity index (χ3n) is 3.83. The number of thiazole rings is 1. The molecular formula is C19H12N4O4S. The molecule has 28 heavy (non-hydrogen) atoms. The molecule has 0 bridgehead atoms. The maximum Gasteiger partial charge on any atom is 0.270 e. The highest BCUT2D eigenvalue weighted by atomic mass is 32.1. The summed E-state index contributed by atoms with van der Waals surface area (Å²) in [7, 11) is 0. The van der Waals surface area contributed by atoms with Crippen molar-refractivity contribution in [3.8, 4) is 0 Å². The van der Waals surface area contributed by atoms with E-state index in [-0.39, 0.29) is 16.8 Å². The molecule has 0 aliphatic rings. The Labute approximate surface area is 162 Å². The number of nitrogens with zero attached hydrogens (tertiary/aromatic N) is 3. The van der Waals surface area contributed by atoms with Crippen molar-refractivity contribution >= 4 is 44.7 Å². The zero-order chi connectivity index (χ0) is 19.5. The van der Waals surface area contributed by atoms with Gasteiger partial charge >= 0.3 is 0 Å². The summed E-state index contributed by atoms with van der Waals surface area (Å²) in [6.07, 6.45) is 1.57. The summed E-state index contributed by atoms with van der Waals surface area (Å²) in [5.74, 6) is -0.471. The third kappa shape index (κ3) is 3.64. The molecule has 4 rings (SSSR count). The van der Waals surface area contributed by atoms with Crippen LogP contribution in [0.1, 0.15) is 10.4 Å². The lowest BCUT2D eigenvalue weighted by Crippen LogP contribution is -2.21. The number of rotatable bonds is 4. The Morgan fingerprint density at radius 1 is 1.18 bits per heavy atom. The number of nitro groups is 1. The fourth-order valence-electron chi connectivity index (χ4n) is 2.55. The normalized spacial score (nSPS) is 11.5. The molecule has 2 heterocycles. The average molecular weight is 392 g/mol. The molecule has 0 aliphatic heterocycles. The number of carbonyl (C=O) groups excluding carboxylic acids is 1. The maximum atomic E-state index is 12.8. The standard InChI is InChI=1S/C19H12N4O4S/c24-17(22-19-20-8-9-28-19)15-11-12-10-14(23(25)26)6-7-16(12)27-18(15)21-13-4-2-1-3-5-13/h1-11H,(H,20,22,24). The van der Waals surface area contributed by atoms with Crippen molar-refractivity contribution in [3.63, 3.8) is 0 Å². The second kappa shape index (κ2) is 7.41. The van der Waals surface area contributed by atoms with Gasteiger partial charge < -0.3 is 4.42 Å². The monoisotopic (exact) mass is 392 g/mol. The molecule has 0 saturated carbocycles. The van der Waals surface area contributed by atoms with E-state index in [4.69, 9.17) is 4.42 Å². The molecule has 9 heteroatoms. The fourth-order valence-corrected chi connectivity index (χ4v) is 3.07. The van der Waals surface area contributed by atoms with Crippen LogP contribution in [0.4, 0.5) is 16.5 Å². The first kappa shape index (κ1) is 17.6. The van der Waals surface area contributed by atoms with E-state index in [2.05, 4.69) is 15.3 Å². The number of hydrogen-bond donors (Lipinski definition) is 1. The smallest absolute Gasteiger partial charge is 0.270 e. The van der Waals surface area contributed by atoms with E-state index >= 15 is 0 Å². The molecule has 4 aromatic rings. The van der Waals surface area contributed by atoms with Crippen LogP contribution in [-0.2, 0) is 0 Å². The Hall–Kier alpha value is -3.85. The van der Waals surface area contributed by atoms with Crippen molar-refractivity contribution in [2.24, 2.45) is 4.99 Å². The summed E-state index contributed by atoms with van der Waals surface area (Å²) >= 11 is 1.27. The number of nitro benzene ring substituents is 1. The van der Waals surface area contributed by atoms with Crippen molar-refractivity contribution in [2.75, 3.05) is 5.32 Å². The number of non-ortho nitro benzene ring substituents is 1. The second-order valence-corrected chi connectivity index (χ2v) is 6.58. The van der Waals surface area contributed by atoms with Crippen LogP contribution >= 0.6 is 11.3 Å². The predicted molar refractivity (Wildman–Crippen MR) is 105 cm³/mol. The van der Waals surface area contributed by atoms with Crippen LogP contribution in [0.3, 0.4) is 0 Å². The fraction of sp³-hybridized carbons (Fsp3) is 0. The molecule has 0 unspecified atom stereocenters. The summed E-state index contributed by atoms with van der Waals surface area (Å²) in [5.41, 5.74) is 1.14. The van der Waals surface area contributed by atoms with Gasteiger partial charge in [-0.1, -0.05) is 18.2 Å². The number of nitrogens with one attached hydrogen (secondary N) is 1. The van der Waals surface area contributed by atoms with E-state index in [0.29, 0.717) is 21.8 Å². The predicted octanol–water partition coefficient (Wildman–Crippen LogP) is 4.28. The van der Waals surface area contributed by atoms with E-state index in [1.165, 1.54) is 35.6 Å². The molecule has 2 aromatic carbocycles. The minimum absolute atomic E-state index is 0.0956. The molecule has 0 radical (unpaired) electrons. The molecule has 2 aromatic heterocycles. The SMILES string of the molecule is O=C(Nc1nccs1)c1cc2cc([N+](=O)[O-])ccc2oc1=Nc1ccccc1. The average Bonchev–Trinajstić information content (AvgIpc) is 3.20. The van der Waals surface area contributed by atoms with Crippen molar-refractivity contribution < 1.29 is 14.1 Å². The number of fused-ring (bicyclic) bond motifs is 1. The highest BCUT2D eigenvalue weighted by molar-refractivity contribution is 7.13. The first-order valence-corrected chi connectivity index (χ1v) is 9.01. The lowest BCUT2D eigenvalue weighted by atomic mass is 10.1. The Kier molecular flexibility index (Phi) is 4.65. The van der Waals surface area contributed by atoms with E-state index in [1.54, 1.807) is 23.7 Å². The Bertz CT molecular complexity index is 1230. The Balaban J connectivity index is 1.89. The van der Waals surface area contributed by atoms with Crippen molar-refractivity contribution in [1.29, 1.82) is 0 Å². The number of aromatic nitrogens is 1. The summed E-state index contributed by atoms with van der Waals surface area (Å²) in [6.45, 7) is 0. The molecule has 0 atom stereocenters. The maximum absolute atomic E-state index is 12.8. The summed E-state index contributed by atoms with van der Waals surface area (Å²) in [5, 5.41) is 16.3.